The molecule has 6 nitrogen and oxygen atoms in total. The lowest BCUT2D eigenvalue weighted by atomic mass is 10.0. The van der Waals surface area contributed by atoms with Crippen LogP contribution in [-0.4, -0.2) is 36.9 Å². The van der Waals surface area contributed by atoms with Crippen LogP contribution in [0.15, 0.2) is 41.6 Å². The molecule has 1 saturated carbocycles. The van der Waals surface area contributed by atoms with Crippen LogP contribution in [0.5, 0.6) is 5.75 Å². The second-order valence-corrected chi connectivity index (χ2v) is 9.63. The first kappa shape index (κ1) is 19.1. The first-order valence-electron chi connectivity index (χ1n) is 8.74. The van der Waals surface area contributed by atoms with E-state index in [0.29, 0.717) is 17.5 Å². The summed E-state index contributed by atoms with van der Waals surface area (Å²) in [6.07, 6.45) is 1.72. The van der Waals surface area contributed by atoms with Gasteiger partial charge in [0.1, 0.15) is 23.7 Å². The lowest BCUT2D eigenvalue weighted by molar-refractivity contribution is 0.151. The van der Waals surface area contributed by atoms with Gasteiger partial charge in [0.15, 0.2) is 5.03 Å². The topological polar surface area (TPSA) is 83.3 Å². The number of ether oxygens (including phenoxy) is 1. The normalized spacial score (nSPS) is 26.9. The Morgan fingerprint density at radius 3 is 2.71 bits per heavy atom. The van der Waals surface area contributed by atoms with Crippen LogP contribution in [0.3, 0.4) is 0 Å². The van der Waals surface area contributed by atoms with Gasteiger partial charge in [-0.15, -0.1) is 0 Å². The molecule has 0 N–H and O–H groups in total. The average Bonchev–Trinajstić information content (AvgIpc) is 3.15. The largest absolute Gasteiger partial charge is 0.488 e. The summed E-state index contributed by atoms with van der Waals surface area (Å²) >= 11 is 5.80. The lowest BCUT2D eigenvalue weighted by Gasteiger charge is -2.20. The second-order valence-electron chi connectivity index (χ2n) is 7.31. The SMILES string of the molecule is C[C@H]1C[C@@]12CN(S(=O)(=O)c1ccc(Cl)cn1)C[C@@H]2Oc1ccc(C#N)c(F)c1. The molecule has 1 aliphatic carbocycles. The molecular formula is C19H17ClFN3O3S. The van der Waals surface area contributed by atoms with E-state index in [1.807, 2.05) is 6.92 Å². The standard InChI is InChI=1S/C19H17ClFN3O3S/c1-12-7-19(12)11-24(28(25,26)18-5-3-14(20)9-23-18)10-17(19)27-15-4-2-13(8-22)16(21)6-15/h2-6,9,12,17H,7,10-11H2,1H3/t12-,17-,19+/m0/s1. The molecule has 1 aromatic carbocycles. The highest BCUT2D eigenvalue weighted by molar-refractivity contribution is 7.89. The van der Waals surface area contributed by atoms with Crippen LogP contribution < -0.4 is 4.74 Å². The highest BCUT2D eigenvalue weighted by Gasteiger charge is 2.64. The number of nitriles is 1. The van der Waals surface area contributed by atoms with Gasteiger partial charge in [-0.05, 0) is 36.6 Å². The summed E-state index contributed by atoms with van der Waals surface area (Å²) in [6.45, 7) is 2.52. The maximum atomic E-state index is 13.9. The molecule has 146 valence electrons. The molecule has 4 rings (SSSR count). The van der Waals surface area contributed by atoms with Gasteiger partial charge >= 0.3 is 0 Å². The summed E-state index contributed by atoms with van der Waals surface area (Å²) in [6, 6.07) is 8.68. The van der Waals surface area contributed by atoms with Crippen molar-refractivity contribution in [3.8, 4) is 11.8 Å². The summed E-state index contributed by atoms with van der Waals surface area (Å²) in [5.74, 6) is -0.0892. The third-order valence-corrected chi connectivity index (χ3v) is 7.58. The summed E-state index contributed by atoms with van der Waals surface area (Å²) in [7, 11) is -3.79. The van der Waals surface area contributed by atoms with E-state index in [-0.39, 0.29) is 28.3 Å². The maximum absolute atomic E-state index is 13.9. The van der Waals surface area contributed by atoms with Gasteiger partial charge in [-0.3, -0.25) is 0 Å². The molecule has 0 radical (unpaired) electrons. The van der Waals surface area contributed by atoms with E-state index in [4.69, 9.17) is 21.6 Å². The zero-order valence-corrected chi connectivity index (χ0v) is 16.5. The fourth-order valence-electron chi connectivity index (χ4n) is 3.85. The Balaban J connectivity index is 1.59. The minimum absolute atomic E-state index is 0.0636. The predicted octanol–water partition coefficient (Wildman–Crippen LogP) is 3.22. The van der Waals surface area contributed by atoms with E-state index in [1.54, 1.807) is 6.07 Å². The minimum Gasteiger partial charge on any atom is -0.488 e. The van der Waals surface area contributed by atoms with Crippen molar-refractivity contribution in [3.05, 3.63) is 52.9 Å². The summed E-state index contributed by atoms with van der Waals surface area (Å²) < 4.78 is 47.2. The van der Waals surface area contributed by atoms with Crippen molar-refractivity contribution >= 4 is 21.6 Å². The highest BCUT2D eigenvalue weighted by Crippen LogP contribution is 2.59. The maximum Gasteiger partial charge on any atom is 0.260 e. The smallest absolute Gasteiger partial charge is 0.260 e. The van der Waals surface area contributed by atoms with Crippen LogP contribution in [0.2, 0.25) is 5.02 Å². The van der Waals surface area contributed by atoms with Crippen molar-refractivity contribution < 1.29 is 17.5 Å². The summed E-state index contributed by atoms with van der Waals surface area (Å²) in [4.78, 5) is 3.94. The molecule has 9 heteroatoms. The van der Waals surface area contributed by atoms with Gasteiger partial charge in [0.2, 0.25) is 0 Å². The van der Waals surface area contributed by atoms with Crippen molar-refractivity contribution in [2.45, 2.75) is 24.5 Å². The van der Waals surface area contributed by atoms with Gasteiger partial charge < -0.3 is 4.74 Å². The van der Waals surface area contributed by atoms with Gasteiger partial charge in [-0.2, -0.15) is 9.57 Å². The third kappa shape index (κ3) is 3.13. The number of nitrogens with zero attached hydrogens (tertiary/aromatic N) is 3. The summed E-state index contributed by atoms with van der Waals surface area (Å²) in [5, 5.41) is 9.15. The molecule has 2 aliphatic rings. The monoisotopic (exact) mass is 421 g/mol. The quantitative estimate of drug-likeness (QED) is 0.756. The first-order chi connectivity index (χ1) is 13.3. The number of benzene rings is 1. The molecule has 28 heavy (non-hydrogen) atoms. The molecule has 1 saturated heterocycles. The zero-order chi connectivity index (χ0) is 20.1. The third-order valence-electron chi connectivity index (χ3n) is 5.63. The van der Waals surface area contributed by atoms with Gasteiger partial charge in [0.25, 0.3) is 10.0 Å². The molecule has 2 fully saturated rings. The zero-order valence-electron chi connectivity index (χ0n) is 15.0. The van der Waals surface area contributed by atoms with Crippen molar-refractivity contribution in [1.82, 2.24) is 9.29 Å². The van der Waals surface area contributed by atoms with Crippen LogP contribution in [0.1, 0.15) is 18.9 Å². The molecule has 0 amide bonds. The van der Waals surface area contributed by atoms with E-state index in [2.05, 4.69) is 4.98 Å². The molecule has 2 heterocycles. The molecule has 1 spiro atoms. The Morgan fingerprint density at radius 1 is 1.39 bits per heavy atom. The Labute approximate surface area is 167 Å². The molecule has 2 aromatic rings. The number of hydrogen-bond acceptors (Lipinski definition) is 5. The van der Waals surface area contributed by atoms with Crippen molar-refractivity contribution in [2.75, 3.05) is 13.1 Å². The van der Waals surface area contributed by atoms with Gasteiger partial charge in [-0.1, -0.05) is 18.5 Å². The highest BCUT2D eigenvalue weighted by atomic mass is 35.5. The fraction of sp³-hybridized carbons (Fsp3) is 0.368. The van der Waals surface area contributed by atoms with Crippen LogP contribution in [0.4, 0.5) is 4.39 Å². The van der Waals surface area contributed by atoms with Crippen molar-refractivity contribution in [3.63, 3.8) is 0 Å². The average molecular weight is 422 g/mol. The number of aromatic nitrogens is 1. The number of sulfonamides is 1. The van der Waals surface area contributed by atoms with E-state index in [0.717, 1.165) is 12.5 Å². The van der Waals surface area contributed by atoms with Gasteiger partial charge in [0, 0.05) is 24.2 Å². The van der Waals surface area contributed by atoms with E-state index < -0.39 is 21.9 Å². The number of hydrogen-bond donors (Lipinski definition) is 0. The van der Waals surface area contributed by atoms with Crippen LogP contribution in [0.25, 0.3) is 0 Å². The second kappa shape index (κ2) is 6.69. The van der Waals surface area contributed by atoms with E-state index in [1.165, 1.54) is 34.8 Å². The van der Waals surface area contributed by atoms with Gasteiger partial charge in [0.05, 0.1) is 17.1 Å². The fourth-order valence-corrected chi connectivity index (χ4v) is 5.39. The Hall–Kier alpha value is -2.21. The van der Waals surface area contributed by atoms with Crippen molar-refractivity contribution in [1.29, 1.82) is 5.26 Å². The lowest BCUT2D eigenvalue weighted by Crippen LogP contribution is -2.31. The number of halogens is 2. The Morgan fingerprint density at radius 2 is 2.14 bits per heavy atom. The molecule has 0 bridgehead atoms. The predicted molar refractivity (Wildman–Crippen MR) is 99.8 cm³/mol. The first-order valence-corrected chi connectivity index (χ1v) is 10.6. The van der Waals surface area contributed by atoms with Crippen LogP contribution >= 0.6 is 11.6 Å². The Kier molecular flexibility index (Phi) is 4.57. The van der Waals surface area contributed by atoms with Crippen LogP contribution in [0, 0.1) is 28.5 Å². The summed E-state index contributed by atoms with van der Waals surface area (Å²) in [5.41, 5.74) is -0.365. The Bertz CT molecular complexity index is 1070. The molecule has 3 atom stereocenters. The minimum atomic E-state index is -3.79. The van der Waals surface area contributed by atoms with E-state index >= 15 is 0 Å². The number of rotatable bonds is 4. The molecule has 1 aliphatic heterocycles. The van der Waals surface area contributed by atoms with E-state index in [9.17, 15) is 12.8 Å². The molecule has 1 aromatic heterocycles. The van der Waals surface area contributed by atoms with Gasteiger partial charge in [-0.25, -0.2) is 17.8 Å². The molecular weight excluding hydrogens is 405 g/mol. The molecule has 0 unspecified atom stereocenters. The number of pyridine rings is 1. The van der Waals surface area contributed by atoms with Crippen LogP contribution in [-0.2, 0) is 10.0 Å². The van der Waals surface area contributed by atoms with Crippen molar-refractivity contribution in [2.24, 2.45) is 11.3 Å².